The van der Waals surface area contributed by atoms with E-state index >= 15 is 0 Å². The van der Waals surface area contributed by atoms with Crippen LogP contribution in [0, 0.1) is 39.2 Å². The fourth-order valence-corrected chi connectivity index (χ4v) is 3.52. The molecule has 24 heavy (non-hydrogen) atoms. The predicted molar refractivity (Wildman–Crippen MR) is 77.1 cm³/mol. The molecule has 0 radical (unpaired) electrons. The van der Waals surface area contributed by atoms with Gasteiger partial charge in [-0.3, -0.25) is 0 Å². The first-order valence-electron chi connectivity index (χ1n) is 5.54. The number of alkyl halides is 1. The molecule has 0 amide bonds. The van der Waals surface area contributed by atoms with Gasteiger partial charge in [-0.1, -0.05) is 0 Å². The van der Waals surface area contributed by atoms with Crippen molar-refractivity contribution in [2.24, 2.45) is 5.92 Å². The van der Waals surface area contributed by atoms with Crippen LogP contribution < -0.4 is 0 Å². The molecule has 1 aliphatic carbocycles. The van der Waals surface area contributed by atoms with E-state index in [1.54, 1.807) is 7.11 Å². The van der Waals surface area contributed by atoms with Crippen LogP contribution in [0.3, 0.4) is 0 Å². The topological polar surface area (TPSA) is 109 Å². The molecule has 3 unspecified atom stereocenters. The predicted octanol–water partition coefficient (Wildman–Crippen LogP) is 2.30. The van der Waals surface area contributed by atoms with Gasteiger partial charge in [-0.2, -0.15) is 0 Å². The Labute approximate surface area is 157 Å². The fraction of sp³-hybridized carbons (Fsp3) is 0.250. The minimum atomic E-state index is 0.488. The summed E-state index contributed by atoms with van der Waals surface area (Å²) < 4.78 is 43.7. The van der Waals surface area contributed by atoms with Crippen molar-refractivity contribution in [3.63, 3.8) is 0 Å². The first-order valence-corrected chi connectivity index (χ1v) is 7.10. The number of halogens is 1. The fourth-order valence-electron chi connectivity index (χ4n) is 1.75. The van der Waals surface area contributed by atoms with Gasteiger partial charge in [-0.05, 0) is 0 Å². The number of ether oxygens (including phenoxy) is 1. The Morgan fingerprint density at radius 1 is 0.917 bits per heavy atom. The van der Waals surface area contributed by atoms with Crippen molar-refractivity contribution in [2.75, 3.05) is 7.11 Å². The maximum atomic E-state index is 7.50. The number of benzene rings is 1. The Morgan fingerprint density at radius 3 is 1.62 bits per heavy atom. The summed E-state index contributed by atoms with van der Waals surface area (Å²) in [4.78, 5) is 0.515. The summed E-state index contributed by atoms with van der Waals surface area (Å²) in [7, 11) is 1.71. The van der Waals surface area contributed by atoms with E-state index in [9.17, 15) is 0 Å². The second-order valence-electron chi connectivity index (χ2n) is 3.43. The Balaban J connectivity index is -0.000000173. The van der Waals surface area contributed by atoms with Crippen molar-refractivity contribution < 1.29 is 43.8 Å². The van der Waals surface area contributed by atoms with Gasteiger partial charge in [0.25, 0.3) is 0 Å². The molecule has 1 saturated carbocycles. The van der Waals surface area contributed by atoms with Crippen molar-refractivity contribution in [3.8, 4) is 0 Å². The van der Waals surface area contributed by atoms with E-state index in [1.807, 2.05) is 6.07 Å². The average molecular weight is 431 g/mol. The molecule has 1 aliphatic rings. The van der Waals surface area contributed by atoms with Crippen molar-refractivity contribution >= 4 is 20.5 Å². The van der Waals surface area contributed by atoms with Crippen LogP contribution in [0.2, 0.25) is 0 Å². The first-order chi connectivity index (χ1) is 11.8. The summed E-state index contributed by atoms with van der Waals surface area (Å²) in [6.07, 6.45) is 0. The van der Waals surface area contributed by atoms with Crippen LogP contribution in [0.1, 0.15) is 11.5 Å². The molecule has 0 spiro atoms. The molecule has 124 valence electrons. The molecule has 0 aliphatic heterocycles. The standard InChI is InChI=1S/C11H11BrO.5CO.Cr/c1-13-7-9-10(11(9)12)8-5-3-2-4-6-8;5*1-2;/h2-6,9-11H,1H3;;;;;;. The van der Waals surface area contributed by atoms with Crippen molar-refractivity contribution in [1.82, 2.24) is 0 Å². The zero-order valence-electron chi connectivity index (χ0n) is 12.4. The summed E-state index contributed by atoms with van der Waals surface area (Å²) in [5.74, 6) is 1.05. The number of methoxy groups -OCH3 is 1. The van der Waals surface area contributed by atoms with Crippen LogP contribution >= 0.6 is 15.9 Å². The molecule has 0 heterocycles. The van der Waals surface area contributed by atoms with E-state index < -0.39 is 0 Å². The van der Waals surface area contributed by atoms with Gasteiger partial charge in [0.15, 0.2) is 0 Å². The molecule has 2 rings (SSSR count). The molecule has 1 aromatic rings. The first kappa shape index (κ1) is 30.6. The quantitative estimate of drug-likeness (QED) is 0.409. The second kappa shape index (κ2) is 24.0. The van der Waals surface area contributed by atoms with Crippen molar-refractivity contribution in [1.29, 1.82) is 0 Å². The Bertz CT molecular complexity index is 500. The molecule has 0 aromatic heterocycles. The van der Waals surface area contributed by atoms with Crippen molar-refractivity contribution in [2.45, 2.75) is 10.7 Å². The summed E-state index contributed by atoms with van der Waals surface area (Å²) in [6, 6.07) is 10.5. The zero-order chi connectivity index (χ0) is 20.1. The SMILES string of the molecule is CO[C](=[Cr])C1C(Br)C1c1ccccc1.[C-]#[O+].[C-]#[O+].[C-]#[O+].[C-]#[O+].[C-]#[O+]. The third-order valence-corrected chi connectivity index (χ3v) is 4.41. The zero-order valence-corrected chi connectivity index (χ0v) is 15.2. The normalized spacial score (nSPS) is 17.9. The molecule has 0 N–H and O–H groups in total. The summed E-state index contributed by atoms with van der Waals surface area (Å²) >= 11 is 6.66. The van der Waals surface area contributed by atoms with E-state index in [1.165, 1.54) is 5.56 Å². The van der Waals surface area contributed by atoms with Gasteiger partial charge in [-0.25, -0.2) is 0 Å². The summed E-state index contributed by atoms with van der Waals surface area (Å²) in [5, 5.41) is 0. The Hall–Kier alpha value is -1.24. The van der Waals surface area contributed by atoms with Gasteiger partial charge in [0.05, 0.1) is 0 Å². The molecule has 8 heteroatoms. The van der Waals surface area contributed by atoms with Crippen LogP contribution in [0.4, 0.5) is 0 Å². The molecule has 0 saturated heterocycles. The maximum absolute atomic E-state index is 7.50. The number of rotatable bonds is 3. The molecule has 3 atom stereocenters. The third-order valence-electron chi connectivity index (χ3n) is 2.59. The monoisotopic (exact) mass is 430 g/mol. The molecule has 6 nitrogen and oxygen atoms in total. The van der Waals surface area contributed by atoms with E-state index in [0.29, 0.717) is 16.7 Å². The summed E-state index contributed by atoms with van der Waals surface area (Å²) in [6.45, 7) is 22.5. The van der Waals surface area contributed by atoms with E-state index in [0.717, 1.165) is 4.57 Å². The Kier molecular flexibility index (Phi) is 30.6. The molecular formula is C16H11BrCrO6. The van der Waals surface area contributed by atoms with E-state index in [4.69, 9.17) is 28.0 Å². The number of hydrogen-bond acceptors (Lipinski definition) is 1. The van der Waals surface area contributed by atoms with Crippen molar-refractivity contribution in [3.05, 3.63) is 69.1 Å². The van der Waals surface area contributed by atoms with Crippen LogP contribution in [0.15, 0.2) is 30.3 Å². The van der Waals surface area contributed by atoms with Crippen LogP contribution in [-0.4, -0.2) is 16.5 Å². The van der Waals surface area contributed by atoms with E-state index in [-0.39, 0.29) is 0 Å². The van der Waals surface area contributed by atoms with Gasteiger partial charge in [-0.15, -0.1) is 0 Å². The molecule has 1 fully saturated rings. The van der Waals surface area contributed by atoms with Gasteiger partial charge < -0.3 is 0 Å². The molecule has 0 bridgehead atoms. The minimum absolute atomic E-state index is 0.488. The molecular weight excluding hydrogens is 420 g/mol. The number of hydrogen-bond donors (Lipinski definition) is 0. The van der Waals surface area contributed by atoms with Gasteiger partial charge >= 0.3 is 157 Å². The Morgan fingerprint density at radius 2 is 1.29 bits per heavy atom. The van der Waals surface area contributed by atoms with Crippen LogP contribution in [0.25, 0.3) is 0 Å². The van der Waals surface area contributed by atoms with Gasteiger partial charge in [0.2, 0.25) is 0 Å². The van der Waals surface area contributed by atoms with E-state index in [2.05, 4.69) is 89.3 Å². The van der Waals surface area contributed by atoms with Gasteiger partial charge in [0.1, 0.15) is 0 Å². The molecule has 1 aromatic carbocycles. The second-order valence-corrected chi connectivity index (χ2v) is 5.12. The van der Waals surface area contributed by atoms with Crippen LogP contribution in [-0.2, 0) is 43.8 Å². The third kappa shape index (κ3) is 11.3. The van der Waals surface area contributed by atoms with Gasteiger partial charge in [0, 0.05) is 0 Å². The average Bonchev–Trinajstić information content (AvgIpc) is 3.40. The van der Waals surface area contributed by atoms with Crippen LogP contribution in [0.5, 0.6) is 0 Å². The summed E-state index contributed by atoms with van der Waals surface area (Å²) in [5.41, 5.74) is 1.38.